The van der Waals surface area contributed by atoms with Gasteiger partial charge in [0.05, 0.1) is 7.11 Å². The summed E-state index contributed by atoms with van der Waals surface area (Å²) in [6.45, 7) is 5.24. The SMILES string of the molecule is COc1cccc(N2CCC(NC(C)=O)C2)c1[C@@H](C)N. The predicted octanol–water partition coefficient (Wildman–Crippen LogP) is 1.43. The first-order valence-electron chi connectivity index (χ1n) is 6.97. The quantitative estimate of drug-likeness (QED) is 0.873. The van der Waals surface area contributed by atoms with E-state index in [4.69, 9.17) is 10.5 Å². The fourth-order valence-electron chi connectivity index (χ4n) is 2.83. The summed E-state index contributed by atoms with van der Waals surface area (Å²) in [7, 11) is 1.66. The molecule has 0 aromatic heterocycles. The predicted molar refractivity (Wildman–Crippen MR) is 80.0 cm³/mol. The number of benzene rings is 1. The molecule has 1 aromatic carbocycles. The number of nitrogens with two attached hydrogens (primary N) is 1. The molecule has 1 aliphatic heterocycles. The molecule has 1 aromatic rings. The van der Waals surface area contributed by atoms with E-state index in [9.17, 15) is 4.79 Å². The van der Waals surface area contributed by atoms with Crippen molar-refractivity contribution in [1.82, 2.24) is 5.32 Å². The molecule has 5 heteroatoms. The fourth-order valence-corrected chi connectivity index (χ4v) is 2.83. The Kier molecular flexibility index (Phi) is 4.49. The topological polar surface area (TPSA) is 67.6 Å². The number of nitrogens with one attached hydrogen (secondary N) is 1. The van der Waals surface area contributed by atoms with Crippen molar-refractivity contribution in [3.8, 4) is 5.75 Å². The number of methoxy groups -OCH3 is 1. The largest absolute Gasteiger partial charge is 0.496 e. The van der Waals surface area contributed by atoms with Crippen LogP contribution in [0.2, 0.25) is 0 Å². The molecule has 0 saturated carbocycles. The fraction of sp³-hybridized carbons (Fsp3) is 0.533. The number of hydrogen-bond acceptors (Lipinski definition) is 4. The van der Waals surface area contributed by atoms with Gasteiger partial charge in [-0.3, -0.25) is 4.79 Å². The van der Waals surface area contributed by atoms with Crippen LogP contribution in [0.3, 0.4) is 0 Å². The third-order valence-corrected chi connectivity index (χ3v) is 3.65. The maximum Gasteiger partial charge on any atom is 0.217 e. The van der Waals surface area contributed by atoms with Gasteiger partial charge in [0.2, 0.25) is 5.91 Å². The van der Waals surface area contributed by atoms with E-state index in [0.29, 0.717) is 0 Å². The molecular weight excluding hydrogens is 254 g/mol. The van der Waals surface area contributed by atoms with Crippen LogP contribution in [0.15, 0.2) is 18.2 Å². The van der Waals surface area contributed by atoms with Gasteiger partial charge in [-0.1, -0.05) is 6.07 Å². The lowest BCUT2D eigenvalue weighted by Crippen LogP contribution is -2.35. The van der Waals surface area contributed by atoms with Gasteiger partial charge in [-0.15, -0.1) is 0 Å². The lowest BCUT2D eigenvalue weighted by atomic mass is 10.0. The number of anilines is 1. The van der Waals surface area contributed by atoms with Gasteiger partial charge in [0.15, 0.2) is 0 Å². The van der Waals surface area contributed by atoms with Gasteiger partial charge >= 0.3 is 0 Å². The molecule has 20 heavy (non-hydrogen) atoms. The molecule has 1 unspecified atom stereocenters. The van der Waals surface area contributed by atoms with Crippen LogP contribution < -0.4 is 20.7 Å². The van der Waals surface area contributed by atoms with Crippen LogP contribution in [-0.2, 0) is 4.79 Å². The van der Waals surface area contributed by atoms with Crippen LogP contribution >= 0.6 is 0 Å². The van der Waals surface area contributed by atoms with Crippen LogP contribution in [0.25, 0.3) is 0 Å². The molecule has 5 nitrogen and oxygen atoms in total. The normalized spacial score (nSPS) is 19.8. The number of hydrogen-bond donors (Lipinski definition) is 2. The smallest absolute Gasteiger partial charge is 0.217 e. The zero-order chi connectivity index (χ0) is 14.7. The summed E-state index contributed by atoms with van der Waals surface area (Å²) in [5.41, 5.74) is 8.23. The highest BCUT2D eigenvalue weighted by atomic mass is 16.5. The number of rotatable bonds is 4. The van der Waals surface area contributed by atoms with Crippen molar-refractivity contribution < 1.29 is 9.53 Å². The molecule has 1 aliphatic rings. The molecular formula is C15H23N3O2. The Morgan fingerprint density at radius 2 is 2.30 bits per heavy atom. The van der Waals surface area contributed by atoms with E-state index in [1.807, 2.05) is 19.1 Å². The van der Waals surface area contributed by atoms with Gasteiger partial charge in [0.25, 0.3) is 0 Å². The molecule has 110 valence electrons. The Hall–Kier alpha value is -1.75. The minimum atomic E-state index is -0.0963. The monoisotopic (exact) mass is 277 g/mol. The van der Waals surface area contributed by atoms with Crippen molar-refractivity contribution in [1.29, 1.82) is 0 Å². The average molecular weight is 277 g/mol. The van der Waals surface area contributed by atoms with Gasteiger partial charge in [0.1, 0.15) is 5.75 Å². The van der Waals surface area contributed by atoms with Crippen LogP contribution in [-0.4, -0.2) is 32.1 Å². The molecule has 2 atom stereocenters. The second-order valence-corrected chi connectivity index (χ2v) is 5.31. The van der Waals surface area contributed by atoms with E-state index in [1.54, 1.807) is 14.0 Å². The van der Waals surface area contributed by atoms with Crippen molar-refractivity contribution in [3.05, 3.63) is 23.8 Å². The summed E-state index contributed by atoms with van der Waals surface area (Å²) < 4.78 is 5.42. The molecule has 3 N–H and O–H groups in total. The van der Waals surface area contributed by atoms with Gasteiger partial charge < -0.3 is 20.7 Å². The molecule has 0 radical (unpaired) electrons. The van der Waals surface area contributed by atoms with Crippen LogP contribution in [0.4, 0.5) is 5.69 Å². The lowest BCUT2D eigenvalue weighted by Gasteiger charge is -2.25. The van der Waals surface area contributed by atoms with E-state index < -0.39 is 0 Å². The highest BCUT2D eigenvalue weighted by molar-refractivity contribution is 5.73. The average Bonchev–Trinajstić information content (AvgIpc) is 2.85. The third kappa shape index (κ3) is 3.04. The van der Waals surface area contributed by atoms with Crippen LogP contribution in [0.5, 0.6) is 5.75 Å². The van der Waals surface area contributed by atoms with E-state index in [1.165, 1.54) is 0 Å². The van der Waals surface area contributed by atoms with Crippen molar-refractivity contribution in [2.24, 2.45) is 5.73 Å². The second kappa shape index (κ2) is 6.13. The second-order valence-electron chi connectivity index (χ2n) is 5.31. The highest BCUT2D eigenvalue weighted by Crippen LogP contribution is 2.35. The van der Waals surface area contributed by atoms with Gasteiger partial charge in [-0.2, -0.15) is 0 Å². The van der Waals surface area contributed by atoms with Crippen LogP contribution in [0.1, 0.15) is 31.9 Å². The maximum atomic E-state index is 11.1. The zero-order valence-corrected chi connectivity index (χ0v) is 12.3. The van der Waals surface area contributed by atoms with Crippen molar-refractivity contribution in [3.63, 3.8) is 0 Å². The number of ether oxygens (including phenoxy) is 1. The van der Waals surface area contributed by atoms with Crippen LogP contribution in [0, 0.1) is 0 Å². The first-order valence-corrected chi connectivity index (χ1v) is 6.97. The molecule has 0 spiro atoms. The van der Waals surface area contributed by atoms with E-state index in [2.05, 4.69) is 16.3 Å². The Labute approximate surface area is 120 Å². The summed E-state index contributed by atoms with van der Waals surface area (Å²) in [4.78, 5) is 13.4. The first kappa shape index (κ1) is 14.7. The summed E-state index contributed by atoms with van der Waals surface area (Å²) in [5.74, 6) is 0.843. The standard InChI is InChI=1S/C15H23N3O2/c1-10(16)15-13(5-4-6-14(15)20-3)18-8-7-12(9-18)17-11(2)19/h4-6,10,12H,7-9,16H2,1-3H3,(H,17,19)/t10-,12?/m1/s1. The Morgan fingerprint density at radius 3 is 2.90 bits per heavy atom. The highest BCUT2D eigenvalue weighted by Gasteiger charge is 2.26. The first-order chi connectivity index (χ1) is 9.52. The minimum Gasteiger partial charge on any atom is -0.496 e. The number of carbonyl (C=O) groups excluding carboxylic acids is 1. The Bertz CT molecular complexity index is 488. The molecule has 0 aliphatic carbocycles. The minimum absolute atomic E-state index is 0.0231. The number of carbonyl (C=O) groups is 1. The zero-order valence-electron chi connectivity index (χ0n) is 12.3. The number of nitrogens with zero attached hydrogens (tertiary/aromatic N) is 1. The molecule has 1 heterocycles. The molecule has 1 saturated heterocycles. The van der Waals surface area contributed by atoms with Gasteiger partial charge in [-0.05, 0) is 25.5 Å². The summed E-state index contributed by atoms with van der Waals surface area (Å²) >= 11 is 0. The van der Waals surface area contributed by atoms with Gasteiger partial charge in [0, 0.05) is 43.3 Å². The maximum absolute atomic E-state index is 11.1. The Morgan fingerprint density at radius 1 is 1.55 bits per heavy atom. The molecule has 1 fully saturated rings. The summed E-state index contributed by atoms with van der Waals surface area (Å²) in [5, 5.41) is 2.98. The van der Waals surface area contributed by atoms with Crippen molar-refractivity contribution in [2.75, 3.05) is 25.1 Å². The van der Waals surface area contributed by atoms with E-state index >= 15 is 0 Å². The van der Waals surface area contributed by atoms with E-state index in [-0.39, 0.29) is 18.0 Å². The lowest BCUT2D eigenvalue weighted by molar-refractivity contribution is -0.119. The third-order valence-electron chi connectivity index (χ3n) is 3.65. The molecule has 0 bridgehead atoms. The number of amides is 1. The van der Waals surface area contributed by atoms with Crippen molar-refractivity contribution in [2.45, 2.75) is 32.4 Å². The summed E-state index contributed by atoms with van der Waals surface area (Å²) in [6, 6.07) is 6.09. The summed E-state index contributed by atoms with van der Waals surface area (Å²) in [6.07, 6.45) is 0.954. The van der Waals surface area contributed by atoms with Crippen molar-refractivity contribution >= 4 is 11.6 Å². The Balaban J connectivity index is 2.23. The molecule has 1 amide bonds. The van der Waals surface area contributed by atoms with Gasteiger partial charge in [-0.25, -0.2) is 0 Å². The van der Waals surface area contributed by atoms with E-state index in [0.717, 1.165) is 36.5 Å². The molecule has 2 rings (SSSR count).